The number of nitrogens with zero attached hydrogens (tertiary/aromatic N) is 7. The van der Waals surface area contributed by atoms with E-state index in [4.69, 9.17) is 20.4 Å². The minimum Gasteiger partial charge on any atom is -0.461 e. The molecular weight excluding hydrogens is 541 g/mol. The maximum atomic E-state index is 14.4. The molecule has 0 aromatic carbocycles. The van der Waals surface area contributed by atoms with Crippen LogP contribution in [0.5, 0.6) is 6.01 Å². The van der Waals surface area contributed by atoms with Gasteiger partial charge in [0, 0.05) is 61.5 Å². The molecule has 2 aromatic heterocycles. The van der Waals surface area contributed by atoms with Crippen LogP contribution in [0, 0.1) is 29.6 Å². The Morgan fingerprint density at radius 3 is 2.46 bits per heavy atom. The van der Waals surface area contributed by atoms with Crippen LogP contribution in [0.15, 0.2) is 0 Å². The van der Waals surface area contributed by atoms with Gasteiger partial charge >= 0.3 is 6.01 Å². The fourth-order valence-corrected chi connectivity index (χ4v) is 9.20. The number of anilines is 3. The van der Waals surface area contributed by atoms with E-state index in [2.05, 4.69) is 39.1 Å². The summed E-state index contributed by atoms with van der Waals surface area (Å²) >= 11 is 1.45. The Bertz CT molecular complexity index is 1450. The van der Waals surface area contributed by atoms with Crippen LogP contribution in [0.1, 0.15) is 60.6 Å². The van der Waals surface area contributed by atoms with Crippen molar-refractivity contribution in [2.24, 2.45) is 0 Å². The molecule has 3 N–H and O–H groups in total. The van der Waals surface area contributed by atoms with Crippen LogP contribution in [0.2, 0.25) is 0 Å². The molecule has 0 amide bonds. The van der Waals surface area contributed by atoms with Crippen molar-refractivity contribution >= 4 is 28.0 Å². The minimum absolute atomic E-state index is 0.241. The molecule has 10 nitrogen and oxygen atoms in total. The van der Waals surface area contributed by atoms with Crippen molar-refractivity contribution in [1.82, 2.24) is 20.2 Å². The van der Waals surface area contributed by atoms with E-state index in [1.165, 1.54) is 11.3 Å². The largest absolute Gasteiger partial charge is 0.461 e. The number of halogens is 1. The second-order valence-electron chi connectivity index (χ2n) is 12.8. The number of nitriles is 2. The second-order valence-corrected chi connectivity index (χ2v) is 14.1. The number of ether oxygens (including phenoxy) is 1. The number of hydrogen-bond acceptors (Lipinski definition) is 11. The Morgan fingerprint density at radius 1 is 1.10 bits per heavy atom. The number of alkyl halides is 1. The van der Waals surface area contributed by atoms with Gasteiger partial charge in [0.05, 0.1) is 11.1 Å². The first-order chi connectivity index (χ1) is 19.7. The van der Waals surface area contributed by atoms with E-state index >= 15 is 0 Å². The number of fused-ring (bicyclic) bond motifs is 3. The van der Waals surface area contributed by atoms with Crippen LogP contribution in [0.25, 0.3) is 0 Å². The Kier molecular flexibility index (Phi) is 6.31. The average molecular weight is 578 g/mol. The van der Waals surface area contributed by atoms with Gasteiger partial charge in [0.15, 0.2) is 11.6 Å². The molecule has 5 saturated heterocycles. The lowest BCUT2D eigenvalue weighted by Gasteiger charge is -2.49. The highest BCUT2D eigenvalue weighted by atomic mass is 32.1. The average Bonchev–Trinajstić information content (AvgIpc) is 3.65. The lowest BCUT2D eigenvalue weighted by Crippen LogP contribution is -2.59. The van der Waals surface area contributed by atoms with Crippen molar-refractivity contribution in [2.45, 2.75) is 75.2 Å². The highest BCUT2D eigenvalue weighted by Crippen LogP contribution is 2.46. The van der Waals surface area contributed by atoms with Crippen molar-refractivity contribution in [3.8, 4) is 18.1 Å². The number of hydrogen-bond donors (Lipinski definition) is 2. The van der Waals surface area contributed by atoms with Gasteiger partial charge in [0.2, 0.25) is 0 Å². The first-order valence-electron chi connectivity index (χ1n) is 14.6. The molecule has 0 radical (unpaired) electrons. The minimum atomic E-state index is -0.838. The number of aryl methyl sites for hydroxylation is 1. The zero-order chi connectivity index (χ0) is 28.5. The summed E-state index contributed by atoms with van der Waals surface area (Å²) < 4.78 is 20.7. The van der Waals surface area contributed by atoms with E-state index in [9.17, 15) is 14.9 Å². The molecule has 7 heterocycles. The maximum absolute atomic E-state index is 14.4. The molecule has 0 unspecified atom stereocenters. The van der Waals surface area contributed by atoms with Crippen molar-refractivity contribution in [1.29, 1.82) is 10.5 Å². The first-order valence-corrected chi connectivity index (χ1v) is 15.4. The highest BCUT2D eigenvalue weighted by Gasteiger charge is 2.50. The number of nitrogen functional groups attached to an aromatic ring is 1. The van der Waals surface area contributed by atoms with Crippen molar-refractivity contribution in [3.05, 3.63) is 21.6 Å². The number of piperazine rings is 1. The fourth-order valence-electron chi connectivity index (χ4n) is 8.17. The quantitative estimate of drug-likeness (QED) is 0.529. The zero-order valence-corrected chi connectivity index (χ0v) is 24.4. The van der Waals surface area contributed by atoms with Gasteiger partial charge in [-0.1, -0.05) is 6.92 Å². The predicted molar refractivity (Wildman–Crippen MR) is 155 cm³/mol. The molecule has 5 aliphatic rings. The van der Waals surface area contributed by atoms with Crippen LogP contribution < -0.4 is 25.6 Å². The Hall–Kier alpha value is -3.19. The predicted octanol–water partition coefficient (Wildman–Crippen LogP) is 2.85. The number of thiophene rings is 1. The van der Waals surface area contributed by atoms with Gasteiger partial charge in [-0.3, -0.25) is 4.90 Å². The number of nitrogens with two attached hydrogens (primary N) is 1. The standard InChI is InChI=1S/C29H36FN9OS/c1-17-23(21(9-31)24(33)41-17)28(2)14-38(15-28)26-22(10-32)25(37-12-19-4-5-20(13-37)34-19)35-27(36-26)40-16-29-6-3-7-39(29)11-18(30)8-29/h18-20,34H,3-8,11-16,33H2,1-2H3/t18-,19-,20+,29+/m1/s1. The van der Waals surface area contributed by atoms with Gasteiger partial charge in [0.25, 0.3) is 0 Å². The third-order valence-electron chi connectivity index (χ3n) is 9.92. The lowest BCUT2D eigenvalue weighted by atomic mass is 9.74. The molecule has 0 saturated carbocycles. The van der Waals surface area contributed by atoms with Gasteiger partial charge in [-0.05, 0) is 44.7 Å². The summed E-state index contributed by atoms with van der Waals surface area (Å²) in [6.07, 6.45) is 3.80. The topological polar surface area (TPSA) is 130 Å². The van der Waals surface area contributed by atoms with E-state index in [1.807, 2.05) is 6.92 Å². The summed E-state index contributed by atoms with van der Waals surface area (Å²) in [6.45, 7) is 8.58. The van der Waals surface area contributed by atoms with Crippen LogP contribution in [0.4, 0.5) is 21.0 Å². The number of rotatable bonds is 6. The molecule has 7 rings (SSSR count). The molecule has 216 valence electrons. The molecule has 12 heteroatoms. The van der Waals surface area contributed by atoms with E-state index in [0.29, 0.717) is 72.5 Å². The molecule has 0 spiro atoms. The van der Waals surface area contributed by atoms with Crippen molar-refractivity contribution in [2.75, 3.05) is 61.4 Å². The second kappa shape index (κ2) is 9.69. The summed E-state index contributed by atoms with van der Waals surface area (Å²) in [5.41, 5.74) is 7.56. The van der Waals surface area contributed by atoms with E-state index in [0.717, 1.165) is 55.8 Å². The molecule has 2 aromatic rings. The molecule has 5 fully saturated rings. The highest BCUT2D eigenvalue weighted by molar-refractivity contribution is 7.16. The monoisotopic (exact) mass is 577 g/mol. The maximum Gasteiger partial charge on any atom is 0.320 e. The van der Waals surface area contributed by atoms with E-state index < -0.39 is 6.17 Å². The van der Waals surface area contributed by atoms with E-state index in [-0.39, 0.29) is 17.0 Å². The van der Waals surface area contributed by atoms with Gasteiger partial charge in [0.1, 0.15) is 35.5 Å². The van der Waals surface area contributed by atoms with Gasteiger partial charge < -0.3 is 25.6 Å². The Labute approximate surface area is 243 Å². The fraction of sp³-hybridized carbons (Fsp3) is 0.655. The molecule has 4 atom stereocenters. The summed E-state index contributed by atoms with van der Waals surface area (Å²) in [7, 11) is 0. The third-order valence-corrected chi connectivity index (χ3v) is 10.8. The molecular formula is C29H36FN9OS. The van der Waals surface area contributed by atoms with Crippen molar-refractivity contribution < 1.29 is 9.13 Å². The Morgan fingerprint density at radius 2 is 1.78 bits per heavy atom. The molecule has 41 heavy (non-hydrogen) atoms. The van der Waals surface area contributed by atoms with E-state index in [1.54, 1.807) is 0 Å². The summed E-state index contributed by atoms with van der Waals surface area (Å²) in [6, 6.07) is 5.71. The van der Waals surface area contributed by atoms with Crippen LogP contribution >= 0.6 is 11.3 Å². The Balaban J connectivity index is 1.22. The number of aromatic nitrogens is 2. The van der Waals surface area contributed by atoms with Crippen LogP contribution in [-0.4, -0.2) is 84.5 Å². The van der Waals surface area contributed by atoms with Gasteiger partial charge in [-0.25, -0.2) is 4.39 Å². The van der Waals surface area contributed by atoms with Gasteiger partial charge in [-0.2, -0.15) is 20.5 Å². The molecule has 0 aliphatic carbocycles. The van der Waals surface area contributed by atoms with Gasteiger partial charge in [-0.15, -0.1) is 11.3 Å². The third kappa shape index (κ3) is 4.30. The SMILES string of the molecule is Cc1sc(N)c(C#N)c1C1(C)CN(c2nc(OC[C@@]34CCCN3C[C@H](F)C4)nc(N3C[C@H]4CC[C@@H](C3)N4)c2C#N)C1. The summed E-state index contributed by atoms with van der Waals surface area (Å²) in [4.78, 5) is 17.2. The summed E-state index contributed by atoms with van der Waals surface area (Å²) in [5, 5.41) is 24.4. The smallest absolute Gasteiger partial charge is 0.320 e. The van der Waals surface area contributed by atoms with Crippen molar-refractivity contribution in [3.63, 3.8) is 0 Å². The van der Waals surface area contributed by atoms with Crippen LogP contribution in [-0.2, 0) is 5.41 Å². The first kappa shape index (κ1) is 26.7. The summed E-state index contributed by atoms with van der Waals surface area (Å²) in [5.74, 6) is 1.18. The molecule has 2 bridgehead atoms. The van der Waals surface area contributed by atoms with Crippen LogP contribution in [0.3, 0.4) is 0 Å². The molecule has 5 aliphatic heterocycles. The zero-order valence-electron chi connectivity index (χ0n) is 23.6. The normalized spacial score (nSPS) is 30.1. The lowest BCUT2D eigenvalue weighted by molar-refractivity contribution is 0.107. The number of nitrogens with one attached hydrogen (secondary N) is 1.